The van der Waals surface area contributed by atoms with E-state index in [4.69, 9.17) is 0 Å². The monoisotopic (exact) mass is 231 g/mol. The SMILES string of the molecule is CC(CC1CC(=O)NC(=O)C1)c1ccccc1. The molecule has 1 aliphatic rings. The van der Waals surface area contributed by atoms with E-state index in [1.165, 1.54) is 5.56 Å². The van der Waals surface area contributed by atoms with Crippen molar-refractivity contribution < 1.29 is 9.59 Å². The minimum Gasteiger partial charge on any atom is -0.296 e. The van der Waals surface area contributed by atoms with E-state index in [2.05, 4.69) is 24.4 Å². The highest BCUT2D eigenvalue weighted by Crippen LogP contribution is 2.28. The minimum atomic E-state index is -0.133. The molecule has 1 aromatic carbocycles. The van der Waals surface area contributed by atoms with Gasteiger partial charge in [0.1, 0.15) is 0 Å². The van der Waals surface area contributed by atoms with Gasteiger partial charge in [0, 0.05) is 12.8 Å². The molecule has 1 fully saturated rings. The van der Waals surface area contributed by atoms with Gasteiger partial charge >= 0.3 is 0 Å². The van der Waals surface area contributed by atoms with Crippen LogP contribution in [0.2, 0.25) is 0 Å². The molecule has 1 aliphatic heterocycles. The number of nitrogens with one attached hydrogen (secondary N) is 1. The van der Waals surface area contributed by atoms with Crippen LogP contribution in [0.4, 0.5) is 0 Å². The first kappa shape index (κ1) is 11.8. The molecule has 0 radical (unpaired) electrons. The van der Waals surface area contributed by atoms with Gasteiger partial charge in [-0.1, -0.05) is 37.3 Å². The van der Waals surface area contributed by atoms with Crippen molar-refractivity contribution in [1.82, 2.24) is 5.32 Å². The third-order valence-electron chi connectivity index (χ3n) is 3.28. The van der Waals surface area contributed by atoms with Gasteiger partial charge in [-0.15, -0.1) is 0 Å². The Hall–Kier alpha value is -1.64. The van der Waals surface area contributed by atoms with Gasteiger partial charge in [0.05, 0.1) is 0 Å². The molecule has 1 saturated heterocycles. The fourth-order valence-corrected chi connectivity index (χ4v) is 2.44. The van der Waals surface area contributed by atoms with E-state index < -0.39 is 0 Å². The van der Waals surface area contributed by atoms with Gasteiger partial charge < -0.3 is 0 Å². The zero-order valence-electron chi connectivity index (χ0n) is 9.98. The quantitative estimate of drug-likeness (QED) is 0.811. The summed E-state index contributed by atoms with van der Waals surface area (Å²) in [5, 5.41) is 2.34. The van der Waals surface area contributed by atoms with E-state index in [0.717, 1.165) is 6.42 Å². The number of carbonyl (C=O) groups is 2. The van der Waals surface area contributed by atoms with Crippen LogP contribution in [0, 0.1) is 5.92 Å². The summed E-state index contributed by atoms with van der Waals surface area (Å²) in [5.74, 6) is 0.310. The maximum Gasteiger partial charge on any atom is 0.226 e. The van der Waals surface area contributed by atoms with Crippen molar-refractivity contribution in [2.45, 2.75) is 32.1 Å². The molecule has 0 bridgehead atoms. The van der Waals surface area contributed by atoms with Gasteiger partial charge in [-0.2, -0.15) is 0 Å². The fourth-order valence-electron chi connectivity index (χ4n) is 2.44. The summed E-state index contributed by atoms with van der Waals surface area (Å²) in [4.78, 5) is 22.5. The molecule has 0 aliphatic carbocycles. The molecule has 0 aromatic heterocycles. The molecule has 0 saturated carbocycles. The minimum absolute atomic E-state index is 0.133. The zero-order chi connectivity index (χ0) is 12.3. The molecule has 90 valence electrons. The van der Waals surface area contributed by atoms with Crippen molar-refractivity contribution in [3.8, 4) is 0 Å². The Morgan fingerprint density at radius 3 is 2.35 bits per heavy atom. The number of rotatable bonds is 3. The number of amides is 2. The van der Waals surface area contributed by atoms with Crippen LogP contribution in [0.3, 0.4) is 0 Å². The highest BCUT2D eigenvalue weighted by Gasteiger charge is 2.26. The second-order valence-electron chi connectivity index (χ2n) is 4.79. The maximum absolute atomic E-state index is 11.3. The number of imide groups is 1. The van der Waals surface area contributed by atoms with Crippen LogP contribution < -0.4 is 5.32 Å². The Kier molecular flexibility index (Phi) is 3.57. The van der Waals surface area contributed by atoms with Gasteiger partial charge in [-0.05, 0) is 23.8 Å². The molecule has 3 nitrogen and oxygen atoms in total. The number of hydrogen-bond acceptors (Lipinski definition) is 2. The van der Waals surface area contributed by atoms with Crippen molar-refractivity contribution in [2.75, 3.05) is 0 Å². The summed E-state index contributed by atoms with van der Waals surface area (Å²) in [6.45, 7) is 2.15. The third kappa shape index (κ3) is 3.16. The molecular formula is C14H17NO2. The number of benzene rings is 1. The molecular weight excluding hydrogens is 214 g/mol. The Bertz CT molecular complexity index is 397. The summed E-state index contributed by atoms with van der Waals surface area (Å²) in [5.41, 5.74) is 1.27. The van der Waals surface area contributed by atoms with Crippen molar-refractivity contribution >= 4 is 11.8 Å². The first-order valence-electron chi connectivity index (χ1n) is 6.03. The first-order chi connectivity index (χ1) is 8.15. The normalized spacial score (nSPS) is 18.9. The van der Waals surface area contributed by atoms with Crippen LogP contribution in [0.5, 0.6) is 0 Å². The summed E-state index contributed by atoms with van der Waals surface area (Å²) in [6.07, 6.45) is 1.84. The number of piperidine rings is 1. The maximum atomic E-state index is 11.3. The second-order valence-corrected chi connectivity index (χ2v) is 4.79. The summed E-state index contributed by atoms with van der Waals surface area (Å²) in [6, 6.07) is 10.2. The summed E-state index contributed by atoms with van der Waals surface area (Å²) < 4.78 is 0. The molecule has 1 heterocycles. The summed E-state index contributed by atoms with van der Waals surface area (Å²) in [7, 11) is 0. The van der Waals surface area contributed by atoms with E-state index >= 15 is 0 Å². The van der Waals surface area contributed by atoms with Crippen LogP contribution >= 0.6 is 0 Å². The van der Waals surface area contributed by atoms with Crippen molar-refractivity contribution in [2.24, 2.45) is 5.92 Å². The molecule has 0 spiro atoms. The molecule has 1 N–H and O–H groups in total. The Morgan fingerprint density at radius 1 is 1.18 bits per heavy atom. The fraction of sp³-hybridized carbons (Fsp3) is 0.429. The Balaban J connectivity index is 1.97. The molecule has 3 heteroatoms. The van der Waals surface area contributed by atoms with Crippen molar-refractivity contribution in [1.29, 1.82) is 0 Å². The second kappa shape index (κ2) is 5.13. The van der Waals surface area contributed by atoms with E-state index in [0.29, 0.717) is 18.8 Å². The van der Waals surface area contributed by atoms with Gasteiger partial charge in [-0.3, -0.25) is 14.9 Å². The van der Waals surface area contributed by atoms with E-state index in [9.17, 15) is 9.59 Å². The molecule has 1 atom stereocenters. The lowest BCUT2D eigenvalue weighted by Crippen LogP contribution is -2.38. The summed E-state index contributed by atoms with van der Waals surface area (Å²) >= 11 is 0. The first-order valence-corrected chi connectivity index (χ1v) is 6.03. The number of carbonyl (C=O) groups excluding carboxylic acids is 2. The predicted octanol–water partition coefficient (Wildman–Crippen LogP) is 2.23. The molecule has 2 amide bonds. The predicted molar refractivity (Wildman–Crippen MR) is 65.3 cm³/mol. The topological polar surface area (TPSA) is 46.2 Å². The van der Waals surface area contributed by atoms with Crippen molar-refractivity contribution in [3.05, 3.63) is 35.9 Å². The van der Waals surface area contributed by atoms with Gasteiger partial charge in [0.15, 0.2) is 0 Å². The largest absolute Gasteiger partial charge is 0.296 e. The smallest absolute Gasteiger partial charge is 0.226 e. The lowest BCUT2D eigenvalue weighted by molar-refractivity contribution is -0.134. The van der Waals surface area contributed by atoms with Crippen molar-refractivity contribution in [3.63, 3.8) is 0 Å². The van der Waals surface area contributed by atoms with Gasteiger partial charge in [-0.25, -0.2) is 0 Å². The van der Waals surface area contributed by atoms with Crippen LogP contribution in [0.25, 0.3) is 0 Å². The average Bonchev–Trinajstić information content (AvgIpc) is 2.28. The van der Waals surface area contributed by atoms with Crippen LogP contribution in [-0.2, 0) is 9.59 Å². The number of hydrogen-bond donors (Lipinski definition) is 1. The van der Waals surface area contributed by atoms with E-state index in [-0.39, 0.29) is 17.7 Å². The van der Waals surface area contributed by atoms with Gasteiger partial charge in [0.25, 0.3) is 0 Å². The third-order valence-corrected chi connectivity index (χ3v) is 3.28. The van der Waals surface area contributed by atoms with Crippen LogP contribution in [0.1, 0.15) is 37.7 Å². The van der Waals surface area contributed by atoms with Gasteiger partial charge in [0.2, 0.25) is 11.8 Å². The molecule has 1 unspecified atom stereocenters. The standard InChI is InChI=1S/C14H17NO2/c1-10(12-5-3-2-4-6-12)7-11-8-13(16)15-14(17)9-11/h2-6,10-11H,7-9H2,1H3,(H,15,16,17). The lowest BCUT2D eigenvalue weighted by Gasteiger charge is -2.23. The van der Waals surface area contributed by atoms with Crippen LogP contribution in [0.15, 0.2) is 30.3 Å². The average molecular weight is 231 g/mol. The Labute approximate surface area is 101 Å². The lowest BCUT2D eigenvalue weighted by atomic mass is 9.85. The molecule has 17 heavy (non-hydrogen) atoms. The van der Waals surface area contributed by atoms with E-state index in [1.54, 1.807) is 0 Å². The highest BCUT2D eigenvalue weighted by atomic mass is 16.2. The Morgan fingerprint density at radius 2 is 1.76 bits per heavy atom. The van der Waals surface area contributed by atoms with Crippen LogP contribution in [-0.4, -0.2) is 11.8 Å². The molecule has 2 rings (SSSR count). The molecule has 1 aromatic rings. The van der Waals surface area contributed by atoms with E-state index in [1.807, 2.05) is 18.2 Å². The zero-order valence-corrected chi connectivity index (χ0v) is 9.98. The highest BCUT2D eigenvalue weighted by molar-refractivity contribution is 5.97.